The van der Waals surface area contributed by atoms with Gasteiger partial charge in [0, 0.05) is 22.1 Å². The van der Waals surface area contributed by atoms with Crippen LogP contribution in [0.1, 0.15) is 55.6 Å². The number of anilines is 3. The van der Waals surface area contributed by atoms with Crippen molar-refractivity contribution in [2.45, 2.75) is 10.8 Å². The van der Waals surface area contributed by atoms with Gasteiger partial charge in [-0.1, -0.05) is 165 Å². The van der Waals surface area contributed by atoms with Gasteiger partial charge in [0.1, 0.15) is 5.58 Å². The molecule has 1 aromatic heterocycles. The lowest BCUT2D eigenvalue weighted by Crippen LogP contribution is -2.30. The van der Waals surface area contributed by atoms with Crippen LogP contribution in [0.5, 0.6) is 0 Å². The van der Waals surface area contributed by atoms with Crippen molar-refractivity contribution in [3.8, 4) is 22.3 Å². The van der Waals surface area contributed by atoms with Crippen LogP contribution in [0.4, 0.5) is 43.4 Å². The van der Waals surface area contributed by atoms with Gasteiger partial charge in [-0.15, -0.1) is 0 Å². The van der Waals surface area contributed by atoms with Crippen molar-refractivity contribution in [3.05, 3.63) is 304 Å². The SMILES string of the molecule is C=Cc1ccc(C2(c3cc(F)c(F)c(F)c3)c3ccccc3-c3ccc(N(c4ccc5c(c4)C(c4ccc(C=C)cc4)(c4cc(F)c(F)c(F)c4)c4ccccc4-5)c4cccc5c4oc4ccccc45)cc32)cc1. The van der Waals surface area contributed by atoms with Crippen molar-refractivity contribution < 1.29 is 30.8 Å². The first-order valence-corrected chi connectivity index (χ1v) is 24.0. The average Bonchev–Trinajstić information content (AvgIpc) is 4.11. The summed E-state index contributed by atoms with van der Waals surface area (Å²) in [5.41, 5.74) is 9.62. The maximum atomic E-state index is 15.8. The van der Waals surface area contributed by atoms with Crippen LogP contribution < -0.4 is 4.90 Å². The van der Waals surface area contributed by atoms with Crippen molar-refractivity contribution in [2.24, 2.45) is 0 Å². The Labute approximate surface area is 422 Å². The van der Waals surface area contributed by atoms with Crippen LogP contribution in [0.3, 0.4) is 0 Å². The number of para-hydroxylation sites is 2. The molecule has 2 atom stereocenters. The molecule has 0 amide bonds. The molecular formula is C66H39F6NO. The number of hydrogen-bond acceptors (Lipinski definition) is 2. The van der Waals surface area contributed by atoms with E-state index < -0.39 is 45.7 Å². The highest BCUT2D eigenvalue weighted by Crippen LogP contribution is 2.60. The molecular weight excluding hydrogens is 937 g/mol. The molecule has 0 fully saturated rings. The number of hydrogen-bond donors (Lipinski definition) is 0. The molecule has 0 radical (unpaired) electrons. The second-order valence-corrected chi connectivity index (χ2v) is 18.8. The molecule has 1 heterocycles. The Morgan fingerprint density at radius 3 is 1.27 bits per heavy atom. The fraction of sp³-hybridized carbons (Fsp3) is 0.0303. The van der Waals surface area contributed by atoms with Gasteiger partial charge in [-0.05, 0) is 139 Å². The Kier molecular flexibility index (Phi) is 10.1. The molecule has 2 aliphatic carbocycles. The minimum Gasteiger partial charge on any atom is -0.454 e. The van der Waals surface area contributed by atoms with Crippen LogP contribution in [0.2, 0.25) is 0 Å². The number of benzene rings is 10. The van der Waals surface area contributed by atoms with Crippen LogP contribution in [0, 0.1) is 34.9 Å². The van der Waals surface area contributed by atoms with E-state index in [2.05, 4.69) is 13.2 Å². The molecule has 0 bridgehead atoms. The lowest BCUT2D eigenvalue weighted by Gasteiger charge is -2.36. The van der Waals surface area contributed by atoms with Crippen molar-refractivity contribution in [1.29, 1.82) is 0 Å². The second kappa shape index (κ2) is 16.7. The summed E-state index contributed by atoms with van der Waals surface area (Å²) in [6.07, 6.45) is 3.42. The number of halogens is 6. The highest BCUT2D eigenvalue weighted by molar-refractivity contribution is 6.10. The molecule has 2 nitrogen and oxygen atoms in total. The van der Waals surface area contributed by atoms with Crippen LogP contribution in [0.15, 0.2) is 218 Å². The summed E-state index contributed by atoms with van der Waals surface area (Å²) in [7, 11) is 0. The monoisotopic (exact) mass is 975 g/mol. The van der Waals surface area contributed by atoms with Crippen molar-refractivity contribution >= 4 is 51.2 Å². The molecule has 74 heavy (non-hydrogen) atoms. The first kappa shape index (κ1) is 44.8. The highest BCUT2D eigenvalue weighted by atomic mass is 19.2. The van der Waals surface area contributed by atoms with E-state index in [4.69, 9.17) is 4.42 Å². The number of fused-ring (bicyclic) bond motifs is 9. The summed E-state index contributed by atoms with van der Waals surface area (Å²) in [5, 5.41) is 1.73. The fourth-order valence-electron chi connectivity index (χ4n) is 12.0. The van der Waals surface area contributed by atoms with Crippen molar-refractivity contribution in [3.63, 3.8) is 0 Å². The lowest BCUT2D eigenvalue weighted by atomic mass is 9.67. The Morgan fingerprint density at radius 1 is 0.378 bits per heavy atom. The normalized spacial score (nSPS) is 16.2. The van der Waals surface area contributed by atoms with E-state index >= 15 is 26.3 Å². The van der Waals surface area contributed by atoms with E-state index in [1.54, 1.807) is 12.2 Å². The van der Waals surface area contributed by atoms with Gasteiger partial charge in [0.2, 0.25) is 0 Å². The lowest BCUT2D eigenvalue weighted by molar-refractivity contribution is 0.443. The first-order valence-electron chi connectivity index (χ1n) is 24.0. The first-order chi connectivity index (χ1) is 36.1. The number of rotatable bonds is 9. The summed E-state index contributed by atoms with van der Waals surface area (Å²) in [6.45, 7) is 7.90. The molecule has 11 aromatic rings. The standard InChI is InChI=1S/C66H39F6NO/c1-3-38-20-24-40(25-21-38)65(42-32-56(67)62(71)57(68)33-42)52-16-8-5-12-46(52)48-30-28-44(36-54(48)65)73(60-18-11-15-51-50-14-7-10-19-61(50)74-64(51)60)45-29-31-49-47-13-6-9-17-53(47)66(55(49)37-45,41-26-22-39(4-2)23-27-41)43-34-58(69)63(72)59(70)35-43/h3-37H,1-2H2. The zero-order chi connectivity index (χ0) is 50.6. The molecule has 13 rings (SSSR count). The molecule has 0 N–H and O–H groups in total. The van der Waals surface area contributed by atoms with Crippen LogP contribution in [-0.2, 0) is 10.8 Å². The van der Waals surface area contributed by atoms with Gasteiger partial charge in [0.25, 0.3) is 0 Å². The molecule has 0 spiro atoms. The van der Waals surface area contributed by atoms with Gasteiger partial charge in [-0.2, -0.15) is 0 Å². The van der Waals surface area contributed by atoms with E-state index in [-0.39, 0.29) is 11.1 Å². The summed E-state index contributed by atoms with van der Waals surface area (Å²) in [6, 6.07) is 60.4. The second-order valence-electron chi connectivity index (χ2n) is 18.8. The minimum absolute atomic E-state index is 0.177. The van der Waals surface area contributed by atoms with Gasteiger partial charge < -0.3 is 9.32 Å². The Balaban J connectivity index is 1.14. The molecule has 0 saturated carbocycles. The van der Waals surface area contributed by atoms with Gasteiger partial charge >= 0.3 is 0 Å². The fourth-order valence-corrected chi connectivity index (χ4v) is 12.0. The van der Waals surface area contributed by atoms with Crippen LogP contribution in [-0.4, -0.2) is 0 Å². The predicted octanol–water partition coefficient (Wildman–Crippen LogP) is 17.9. The number of nitrogens with zero attached hydrogens (tertiary/aromatic N) is 1. The minimum atomic E-state index is -1.58. The van der Waals surface area contributed by atoms with Gasteiger partial charge in [-0.3, -0.25) is 0 Å². The summed E-state index contributed by atoms with van der Waals surface area (Å²) in [5.74, 6) is -8.46. The molecule has 0 saturated heterocycles. The van der Waals surface area contributed by atoms with Gasteiger partial charge in [0.15, 0.2) is 40.5 Å². The topological polar surface area (TPSA) is 16.4 Å². The molecule has 8 heteroatoms. The van der Waals surface area contributed by atoms with E-state index in [1.807, 2.05) is 181 Å². The quantitative estimate of drug-likeness (QED) is 0.106. The maximum absolute atomic E-state index is 15.8. The summed E-state index contributed by atoms with van der Waals surface area (Å²) in [4.78, 5) is 2.05. The summed E-state index contributed by atoms with van der Waals surface area (Å²) < 4.78 is 100. The third-order valence-corrected chi connectivity index (χ3v) is 15.2. The molecule has 2 aliphatic rings. The van der Waals surface area contributed by atoms with Gasteiger partial charge in [-0.25, -0.2) is 26.3 Å². The van der Waals surface area contributed by atoms with E-state index in [0.717, 1.165) is 79.5 Å². The van der Waals surface area contributed by atoms with Crippen molar-refractivity contribution in [2.75, 3.05) is 4.90 Å². The average molecular weight is 976 g/mol. The third-order valence-electron chi connectivity index (χ3n) is 15.2. The highest BCUT2D eigenvalue weighted by Gasteiger charge is 2.49. The number of furan rings is 1. The van der Waals surface area contributed by atoms with E-state index in [0.29, 0.717) is 50.5 Å². The van der Waals surface area contributed by atoms with E-state index in [9.17, 15) is 0 Å². The Bertz CT molecular complexity index is 3900. The van der Waals surface area contributed by atoms with Crippen molar-refractivity contribution in [1.82, 2.24) is 0 Å². The smallest absolute Gasteiger partial charge is 0.194 e. The Morgan fingerprint density at radius 2 is 0.797 bits per heavy atom. The largest absolute Gasteiger partial charge is 0.454 e. The zero-order valence-corrected chi connectivity index (χ0v) is 39.2. The van der Waals surface area contributed by atoms with E-state index in [1.165, 1.54) is 0 Å². The molecule has 0 aliphatic heterocycles. The Hall–Kier alpha value is -9.14. The third kappa shape index (κ3) is 6.27. The predicted molar refractivity (Wildman–Crippen MR) is 283 cm³/mol. The summed E-state index contributed by atoms with van der Waals surface area (Å²) >= 11 is 0. The molecule has 10 aromatic carbocycles. The van der Waals surface area contributed by atoms with Gasteiger partial charge in [0.05, 0.1) is 16.5 Å². The molecule has 2 unspecified atom stereocenters. The maximum Gasteiger partial charge on any atom is 0.194 e. The van der Waals surface area contributed by atoms with Crippen LogP contribution in [0.25, 0.3) is 56.3 Å². The molecule has 356 valence electrons. The zero-order valence-electron chi connectivity index (χ0n) is 39.2. The van der Waals surface area contributed by atoms with Crippen LogP contribution >= 0.6 is 0 Å².